The number of rotatable bonds is 8. The smallest absolute Gasteiger partial charge is 0.170 e. The lowest BCUT2D eigenvalue weighted by Crippen LogP contribution is -2.32. The third-order valence-electron chi connectivity index (χ3n) is 5.38. The molecule has 1 aromatic carbocycles. The van der Waals surface area contributed by atoms with Gasteiger partial charge in [-0.1, -0.05) is 6.07 Å². The average Bonchev–Trinajstić information content (AvgIpc) is 3.39. The van der Waals surface area contributed by atoms with Crippen LogP contribution in [0.4, 0.5) is 0 Å². The zero-order chi connectivity index (χ0) is 20.9. The van der Waals surface area contributed by atoms with E-state index in [2.05, 4.69) is 50.2 Å². The standard InChI is InChI=1S/C23H26N4O2S/c1-28-16-6-15-27-22(21(25-23(27)30)19-7-3-4-13-24-19)20-8-5-14-26(20)17-9-11-18(29-2)12-10-17/h3-5,7-14,21-22H,6,15-16H2,1-2H3,(H,25,30)/t21-,22-/m0/s1. The Morgan fingerprint density at radius 3 is 2.60 bits per heavy atom. The van der Waals surface area contributed by atoms with Crippen molar-refractivity contribution in [3.8, 4) is 11.4 Å². The summed E-state index contributed by atoms with van der Waals surface area (Å²) in [5.74, 6) is 0.837. The predicted octanol–water partition coefficient (Wildman–Crippen LogP) is 3.89. The van der Waals surface area contributed by atoms with Gasteiger partial charge in [-0.2, -0.15) is 0 Å². The summed E-state index contributed by atoms with van der Waals surface area (Å²) in [5, 5.41) is 4.25. The van der Waals surface area contributed by atoms with Crippen LogP contribution in [0.15, 0.2) is 67.0 Å². The minimum absolute atomic E-state index is 0.0151. The molecule has 2 aromatic heterocycles. The van der Waals surface area contributed by atoms with E-state index < -0.39 is 0 Å². The molecule has 0 amide bonds. The predicted molar refractivity (Wildman–Crippen MR) is 121 cm³/mol. The molecule has 0 radical (unpaired) electrons. The SMILES string of the molecule is COCCCN1C(=S)N[C@@H](c2ccccn2)[C@@H]1c1cccn1-c1ccc(OC)cc1. The Morgan fingerprint density at radius 1 is 1.07 bits per heavy atom. The number of methoxy groups -OCH3 is 2. The number of nitrogens with zero attached hydrogens (tertiary/aromatic N) is 3. The summed E-state index contributed by atoms with van der Waals surface area (Å²) in [6.07, 6.45) is 4.81. The van der Waals surface area contributed by atoms with Crippen molar-refractivity contribution in [2.75, 3.05) is 27.4 Å². The fourth-order valence-corrected chi connectivity index (χ4v) is 4.29. The van der Waals surface area contributed by atoms with Crippen molar-refractivity contribution in [3.05, 3.63) is 78.4 Å². The summed E-state index contributed by atoms with van der Waals surface area (Å²) in [5.41, 5.74) is 3.20. The highest BCUT2D eigenvalue weighted by Gasteiger charge is 2.40. The van der Waals surface area contributed by atoms with Crippen LogP contribution in [0.2, 0.25) is 0 Å². The molecule has 0 spiro atoms. The number of hydrogen-bond acceptors (Lipinski definition) is 4. The molecule has 3 heterocycles. The Labute approximate surface area is 182 Å². The molecule has 4 rings (SSSR count). The van der Waals surface area contributed by atoms with Gasteiger partial charge in [0, 0.05) is 44.0 Å². The number of nitrogens with one attached hydrogen (secondary N) is 1. The molecule has 30 heavy (non-hydrogen) atoms. The van der Waals surface area contributed by atoms with Crippen LogP contribution in [0.25, 0.3) is 5.69 Å². The fraction of sp³-hybridized carbons (Fsp3) is 0.304. The molecule has 6 nitrogen and oxygen atoms in total. The lowest BCUT2D eigenvalue weighted by molar-refractivity contribution is 0.180. The number of thiocarbonyl (C=S) groups is 1. The first kappa shape index (κ1) is 20.4. The van der Waals surface area contributed by atoms with Crippen molar-refractivity contribution in [2.45, 2.75) is 18.5 Å². The summed E-state index contributed by atoms with van der Waals surface area (Å²) in [6.45, 7) is 1.50. The van der Waals surface area contributed by atoms with E-state index in [0.717, 1.165) is 40.9 Å². The summed E-state index contributed by atoms with van der Waals surface area (Å²) in [7, 11) is 3.40. The van der Waals surface area contributed by atoms with E-state index in [1.165, 1.54) is 0 Å². The van der Waals surface area contributed by atoms with Gasteiger partial charge in [0.2, 0.25) is 0 Å². The second kappa shape index (κ2) is 9.28. The Hall–Kier alpha value is -2.90. The molecule has 1 saturated heterocycles. The lowest BCUT2D eigenvalue weighted by Gasteiger charge is -2.29. The molecule has 1 aliphatic rings. The Balaban J connectivity index is 1.73. The quantitative estimate of drug-likeness (QED) is 0.439. The maximum absolute atomic E-state index is 5.73. The molecule has 156 valence electrons. The molecule has 3 aromatic rings. The second-order valence-electron chi connectivity index (χ2n) is 7.17. The van der Waals surface area contributed by atoms with Crippen LogP contribution in [0.3, 0.4) is 0 Å². The van der Waals surface area contributed by atoms with E-state index in [-0.39, 0.29) is 12.1 Å². The summed E-state index contributed by atoms with van der Waals surface area (Å²) in [4.78, 5) is 6.87. The highest BCUT2D eigenvalue weighted by molar-refractivity contribution is 7.80. The third-order valence-corrected chi connectivity index (χ3v) is 5.73. The first-order valence-electron chi connectivity index (χ1n) is 10.0. The molecule has 0 saturated carbocycles. The van der Waals surface area contributed by atoms with Gasteiger partial charge in [-0.25, -0.2) is 0 Å². The molecule has 0 unspecified atom stereocenters. The molecule has 1 N–H and O–H groups in total. The van der Waals surface area contributed by atoms with Gasteiger partial charge in [0.25, 0.3) is 0 Å². The normalized spacial score (nSPS) is 18.5. The van der Waals surface area contributed by atoms with Gasteiger partial charge in [0.05, 0.1) is 24.9 Å². The average molecular weight is 423 g/mol. The van der Waals surface area contributed by atoms with Crippen molar-refractivity contribution in [1.82, 2.24) is 19.8 Å². The Morgan fingerprint density at radius 2 is 1.90 bits per heavy atom. The van der Waals surface area contributed by atoms with Crippen molar-refractivity contribution < 1.29 is 9.47 Å². The van der Waals surface area contributed by atoms with Crippen LogP contribution >= 0.6 is 12.2 Å². The van der Waals surface area contributed by atoms with Crippen LogP contribution < -0.4 is 10.1 Å². The van der Waals surface area contributed by atoms with E-state index in [4.69, 9.17) is 21.7 Å². The molecule has 1 fully saturated rings. The number of hydrogen-bond donors (Lipinski definition) is 1. The van der Waals surface area contributed by atoms with Crippen LogP contribution in [-0.2, 0) is 4.74 Å². The van der Waals surface area contributed by atoms with Gasteiger partial charge in [0.15, 0.2) is 5.11 Å². The highest BCUT2D eigenvalue weighted by Crippen LogP contribution is 2.39. The first-order valence-corrected chi connectivity index (χ1v) is 10.4. The van der Waals surface area contributed by atoms with Gasteiger partial charge in [0.1, 0.15) is 5.75 Å². The van der Waals surface area contributed by atoms with Crippen LogP contribution in [0.5, 0.6) is 5.75 Å². The maximum Gasteiger partial charge on any atom is 0.170 e. The second-order valence-corrected chi connectivity index (χ2v) is 7.55. The molecule has 0 aliphatic carbocycles. The summed E-state index contributed by atoms with van der Waals surface area (Å²) < 4.78 is 12.8. The van der Waals surface area contributed by atoms with Gasteiger partial charge < -0.3 is 24.3 Å². The lowest BCUT2D eigenvalue weighted by atomic mass is 10.0. The van der Waals surface area contributed by atoms with Crippen LogP contribution in [-0.4, -0.2) is 46.9 Å². The number of pyridine rings is 1. The van der Waals surface area contributed by atoms with E-state index in [0.29, 0.717) is 6.61 Å². The molecule has 1 aliphatic heterocycles. The highest BCUT2D eigenvalue weighted by atomic mass is 32.1. The van der Waals surface area contributed by atoms with E-state index >= 15 is 0 Å². The number of aromatic nitrogens is 2. The zero-order valence-electron chi connectivity index (χ0n) is 17.2. The topological polar surface area (TPSA) is 51.5 Å². The maximum atomic E-state index is 5.73. The zero-order valence-corrected chi connectivity index (χ0v) is 18.0. The van der Waals surface area contributed by atoms with E-state index in [1.54, 1.807) is 14.2 Å². The van der Waals surface area contributed by atoms with E-state index in [1.807, 2.05) is 36.5 Å². The van der Waals surface area contributed by atoms with Crippen molar-refractivity contribution in [1.29, 1.82) is 0 Å². The monoisotopic (exact) mass is 422 g/mol. The Kier molecular flexibility index (Phi) is 6.30. The minimum Gasteiger partial charge on any atom is -0.497 e. The van der Waals surface area contributed by atoms with Crippen molar-refractivity contribution in [2.24, 2.45) is 0 Å². The molecular weight excluding hydrogens is 396 g/mol. The van der Waals surface area contributed by atoms with Gasteiger partial charge in [-0.05, 0) is 67.2 Å². The molecule has 7 heteroatoms. The number of ether oxygens (including phenoxy) is 2. The van der Waals surface area contributed by atoms with Crippen LogP contribution in [0.1, 0.15) is 29.9 Å². The summed E-state index contributed by atoms with van der Waals surface area (Å²) in [6, 6.07) is 18.3. The van der Waals surface area contributed by atoms with Crippen LogP contribution in [0, 0.1) is 0 Å². The largest absolute Gasteiger partial charge is 0.497 e. The van der Waals surface area contributed by atoms with Gasteiger partial charge >= 0.3 is 0 Å². The first-order chi connectivity index (χ1) is 14.7. The van der Waals surface area contributed by atoms with Gasteiger partial charge in [-0.3, -0.25) is 4.98 Å². The molecule has 2 atom stereocenters. The molecular formula is C23H26N4O2S. The third kappa shape index (κ3) is 4.04. The fourth-order valence-electron chi connectivity index (χ4n) is 3.96. The summed E-state index contributed by atoms with van der Waals surface area (Å²) >= 11 is 5.73. The van der Waals surface area contributed by atoms with Crippen molar-refractivity contribution >= 4 is 17.3 Å². The van der Waals surface area contributed by atoms with E-state index in [9.17, 15) is 0 Å². The van der Waals surface area contributed by atoms with Gasteiger partial charge in [-0.15, -0.1) is 0 Å². The number of benzene rings is 1. The minimum atomic E-state index is -0.0341. The van der Waals surface area contributed by atoms with Crippen molar-refractivity contribution in [3.63, 3.8) is 0 Å². The Bertz CT molecular complexity index is 974. The molecule has 0 bridgehead atoms.